The van der Waals surface area contributed by atoms with Gasteiger partial charge in [-0.1, -0.05) is 15.9 Å². The van der Waals surface area contributed by atoms with E-state index in [1.54, 1.807) is 25.1 Å². The topological polar surface area (TPSA) is 34.9 Å². The van der Waals surface area contributed by atoms with Crippen LogP contribution in [-0.2, 0) is 0 Å². The Labute approximate surface area is 117 Å². The number of nitrogens with zero attached hydrogens (tertiary/aromatic N) is 2. The Balaban J connectivity index is 2.70. The van der Waals surface area contributed by atoms with Crippen LogP contribution in [0, 0.1) is 6.92 Å². The van der Waals surface area contributed by atoms with E-state index < -0.39 is 6.43 Å². The summed E-state index contributed by atoms with van der Waals surface area (Å²) in [6.45, 7) is 3.03. The maximum atomic E-state index is 13.0. The Morgan fingerprint density at radius 2 is 2.05 bits per heavy atom. The molecular formula is C13H11BrF2N2O. The molecule has 0 bridgehead atoms. The van der Waals surface area contributed by atoms with Crippen LogP contribution in [0.5, 0.6) is 0 Å². The second kappa shape index (κ2) is 5.21. The fourth-order valence-electron chi connectivity index (χ4n) is 1.85. The number of benzene rings is 1. The summed E-state index contributed by atoms with van der Waals surface area (Å²) < 4.78 is 27.8. The molecule has 0 aliphatic carbocycles. The molecule has 2 aromatic rings. The van der Waals surface area contributed by atoms with Gasteiger partial charge in [0.1, 0.15) is 5.69 Å². The number of rotatable bonds is 3. The molecule has 0 saturated carbocycles. The van der Waals surface area contributed by atoms with Gasteiger partial charge in [-0.25, -0.2) is 13.5 Å². The summed E-state index contributed by atoms with van der Waals surface area (Å²) in [7, 11) is 0. The van der Waals surface area contributed by atoms with Gasteiger partial charge in [-0.15, -0.1) is 0 Å². The minimum Gasteiger partial charge on any atom is -0.294 e. The van der Waals surface area contributed by atoms with Gasteiger partial charge in [0.25, 0.3) is 6.43 Å². The molecule has 0 amide bonds. The highest BCUT2D eigenvalue weighted by Crippen LogP contribution is 2.27. The van der Waals surface area contributed by atoms with E-state index in [1.807, 2.05) is 0 Å². The lowest BCUT2D eigenvalue weighted by Crippen LogP contribution is -2.08. The summed E-state index contributed by atoms with van der Waals surface area (Å²) in [4.78, 5) is 11.6. The first-order chi connectivity index (χ1) is 8.90. The fourth-order valence-corrected chi connectivity index (χ4v) is 2.19. The van der Waals surface area contributed by atoms with Crippen LogP contribution in [0.4, 0.5) is 8.78 Å². The van der Waals surface area contributed by atoms with Crippen molar-refractivity contribution in [2.24, 2.45) is 0 Å². The first kappa shape index (κ1) is 13.9. The summed E-state index contributed by atoms with van der Waals surface area (Å²) in [6.07, 6.45) is -2.65. The molecule has 100 valence electrons. The molecule has 0 aliphatic heterocycles. The molecule has 0 N–H and O–H groups in total. The highest BCUT2D eigenvalue weighted by molar-refractivity contribution is 9.10. The van der Waals surface area contributed by atoms with Crippen molar-refractivity contribution in [2.45, 2.75) is 20.3 Å². The lowest BCUT2D eigenvalue weighted by atomic mass is 10.1. The lowest BCUT2D eigenvalue weighted by molar-refractivity contribution is 0.101. The van der Waals surface area contributed by atoms with Gasteiger partial charge >= 0.3 is 0 Å². The normalized spacial score (nSPS) is 11.1. The molecule has 0 atom stereocenters. The van der Waals surface area contributed by atoms with Crippen LogP contribution >= 0.6 is 15.9 Å². The molecule has 0 aliphatic rings. The molecule has 0 radical (unpaired) electrons. The van der Waals surface area contributed by atoms with Crippen LogP contribution in [0.3, 0.4) is 0 Å². The Hall–Kier alpha value is -1.56. The van der Waals surface area contributed by atoms with Crippen molar-refractivity contribution in [1.29, 1.82) is 0 Å². The molecule has 0 unspecified atom stereocenters. The molecule has 0 spiro atoms. The summed E-state index contributed by atoms with van der Waals surface area (Å²) in [5, 5.41) is 4.05. The van der Waals surface area contributed by atoms with Gasteiger partial charge in [0.15, 0.2) is 5.78 Å². The molecular weight excluding hydrogens is 318 g/mol. The van der Waals surface area contributed by atoms with E-state index in [2.05, 4.69) is 21.0 Å². The fraction of sp³-hybridized carbons (Fsp3) is 0.231. The molecule has 2 rings (SSSR count). The average molecular weight is 329 g/mol. The zero-order valence-electron chi connectivity index (χ0n) is 10.3. The molecule has 6 heteroatoms. The molecule has 1 aromatic carbocycles. The van der Waals surface area contributed by atoms with Crippen molar-refractivity contribution in [1.82, 2.24) is 9.78 Å². The minimum atomic E-state index is -2.65. The molecule has 1 aromatic heterocycles. The van der Waals surface area contributed by atoms with Gasteiger partial charge in [0, 0.05) is 10.0 Å². The number of aryl methyl sites for hydroxylation is 1. The van der Waals surface area contributed by atoms with Crippen molar-refractivity contribution >= 4 is 21.7 Å². The highest BCUT2D eigenvalue weighted by Gasteiger charge is 2.19. The third-order valence-corrected chi connectivity index (χ3v) is 3.14. The number of carbonyl (C=O) groups is 1. The number of halogens is 3. The summed E-state index contributed by atoms with van der Waals surface area (Å²) in [5.41, 5.74) is 0.960. The van der Waals surface area contributed by atoms with Crippen LogP contribution in [0.2, 0.25) is 0 Å². The van der Waals surface area contributed by atoms with Crippen molar-refractivity contribution in [3.63, 3.8) is 0 Å². The number of hydrogen-bond acceptors (Lipinski definition) is 2. The van der Waals surface area contributed by atoms with E-state index >= 15 is 0 Å². The SMILES string of the molecule is CC(=O)c1ccc(Br)cc1-n1nc(C)cc1C(F)F. The lowest BCUT2D eigenvalue weighted by Gasteiger charge is -2.11. The van der Waals surface area contributed by atoms with Crippen LogP contribution in [0.25, 0.3) is 5.69 Å². The van der Waals surface area contributed by atoms with Crippen LogP contribution < -0.4 is 0 Å². The zero-order chi connectivity index (χ0) is 14.2. The predicted molar refractivity (Wildman–Crippen MR) is 71.0 cm³/mol. The standard InChI is InChI=1S/C13H11BrF2N2O/c1-7-5-12(13(15)16)18(17-7)11-6-9(14)3-4-10(11)8(2)19/h3-6,13H,1-2H3. The van der Waals surface area contributed by atoms with E-state index in [9.17, 15) is 13.6 Å². The predicted octanol–water partition coefficient (Wildman–Crippen LogP) is 4.08. The van der Waals surface area contributed by atoms with Gasteiger partial charge in [-0.05, 0) is 38.1 Å². The van der Waals surface area contributed by atoms with Crippen LogP contribution in [0.15, 0.2) is 28.7 Å². The van der Waals surface area contributed by atoms with Gasteiger partial charge in [-0.2, -0.15) is 5.10 Å². The minimum absolute atomic E-state index is 0.198. The zero-order valence-corrected chi connectivity index (χ0v) is 11.9. The summed E-state index contributed by atoms with van der Waals surface area (Å²) in [5.74, 6) is -0.198. The second-order valence-electron chi connectivity index (χ2n) is 4.14. The first-order valence-electron chi connectivity index (χ1n) is 5.55. The van der Waals surface area contributed by atoms with Crippen LogP contribution in [-0.4, -0.2) is 15.6 Å². The Bertz CT molecular complexity index is 638. The smallest absolute Gasteiger partial charge is 0.280 e. The third-order valence-electron chi connectivity index (χ3n) is 2.65. The Kier molecular flexibility index (Phi) is 3.80. The van der Waals surface area contributed by atoms with Crippen LogP contribution in [0.1, 0.15) is 35.1 Å². The summed E-state index contributed by atoms with van der Waals surface area (Å²) >= 11 is 3.27. The van der Waals surface area contributed by atoms with Crippen molar-refractivity contribution in [3.05, 3.63) is 45.7 Å². The molecule has 1 heterocycles. The second-order valence-corrected chi connectivity index (χ2v) is 5.06. The Morgan fingerprint density at radius 3 is 2.63 bits per heavy atom. The van der Waals surface area contributed by atoms with Gasteiger partial charge in [0.05, 0.1) is 11.4 Å². The molecule has 19 heavy (non-hydrogen) atoms. The number of carbonyl (C=O) groups excluding carboxylic acids is 1. The third kappa shape index (κ3) is 2.73. The molecule has 0 saturated heterocycles. The van der Waals surface area contributed by atoms with E-state index in [4.69, 9.17) is 0 Å². The van der Waals surface area contributed by atoms with E-state index in [0.717, 1.165) is 4.68 Å². The number of Topliss-reactive ketones (excluding diaryl/α,β-unsaturated/α-hetero) is 1. The van der Waals surface area contributed by atoms with Gasteiger partial charge in [-0.3, -0.25) is 4.79 Å². The van der Waals surface area contributed by atoms with E-state index in [-0.39, 0.29) is 11.5 Å². The van der Waals surface area contributed by atoms with Gasteiger partial charge in [0.2, 0.25) is 0 Å². The maximum Gasteiger partial charge on any atom is 0.280 e. The maximum absolute atomic E-state index is 13.0. The van der Waals surface area contributed by atoms with Crippen molar-refractivity contribution in [2.75, 3.05) is 0 Å². The number of alkyl halides is 2. The molecule has 0 fully saturated rings. The number of hydrogen-bond donors (Lipinski definition) is 0. The average Bonchev–Trinajstić information content (AvgIpc) is 2.70. The highest BCUT2D eigenvalue weighted by atomic mass is 79.9. The Morgan fingerprint density at radius 1 is 1.37 bits per heavy atom. The van der Waals surface area contributed by atoms with E-state index in [1.165, 1.54) is 13.0 Å². The largest absolute Gasteiger partial charge is 0.294 e. The molecule has 3 nitrogen and oxygen atoms in total. The number of ketones is 1. The van der Waals surface area contributed by atoms with E-state index in [0.29, 0.717) is 21.4 Å². The monoisotopic (exact) mass is 328 g/mol. The summed E-state index contributed by atoms with van der Waals surface area (Å²) in [6, 6.07) is 6.21. The quantitative estimate of drug-likeness (QED) is 0.795. The first-order valence-corrected chi connectivity index (χ1v) is 6.35. The number of aromatic nitrogens is 2. The van der Waals surface area contributed by atoms with Crippen molar-refractivity contribution < 1.29 is 13.6 Å². The van der Waals surface area contributed by atoms with Gasteiger partial charge < -0.3 is 0 Å². The van der Waals surface area contributed by atoms with Crippen molar-refractivity contribution in [3.8, 4) is 5.69 Å².